The molecule has 0 saturated carbocycles. The Hall–Kier alpha value is -0.415. The number of rotatable bonds is 15. The predicted octanol–water partition coefficient (Wildman–Crippen LogP) is 2.86. The zero-order chi connectivity index (χ0) is 19.6. The monoisotopic (exact) mass is 379 g/mol. The molecule has 0 aromatic rings. The van der Waals surface area contributed by atoms with E-state index < -0.39 is 7.25 Å². The van der Waals surface area contributed by atoms with E-state index in [9.17, 15) is 17.3 Å². The van der Waals surface area contributed by atoms with E-state index in [2.05, 4.69) is 7.05 Å². The Morgan fingerprint density at radius 2 is 0.880 bits per heavy atom. The van der Waals surface area contributed by atoms with Gasteiger partial charge in [0.15, 0.2) is 0 Å². The third-order valence-electron chi connectivity index (χ3n) is 3.31. The third-order valence-corrected chi connectivity index (χ3v) is 3.31. The molecule has 0 saturated heterocycles. The van der Waals surface area contributed by atoms with E-state index in [4.69, 9.17) is 18.9 Å². The maximum atomic E-state index is 9.75. The van der Waals surface area contributed by atoms with Gasteiger partial charge in [0.25, 0.3) is 0 Å². The summed E-state index contributed by atoms with van der Waals surface area (Å²) in [6.07, 6.45) is 0. The van der Waals surface area contributed by atoms with Gasteiger partial charge in [-0.3, -0.25) is 0 Å². The Labute approximate surface area is 149 Å². The smallest absolute Gasteiger partial charge is 0.418 e. The Bertz CT molecular complexity index is 271. The van der Waals surface area contributed by atoms with Crippen LogP contribution in [0.4, 0.5) is 17.3 Å². The van der Waals surface area contributed by atoms with Crippen molar-refractivity contribution in [3.05, 3.63) is 0 Å². The summed E-state index contributed by atoms with van der Waals surface area (Å²) in [6, 6.07) is 0. The largest absolute Gasteiger partial charge is 0.673 e. The van der Waals surface area contributed by atoms with Gasteiger partial charge in [-0.1, -0.05) is 0 Å². The van der Waals surface area contributed by atoms with Gasteiger partial charge in [0.05, 0.1) is 40.1 Å². The van der Waals surface area contributed by atoms with Gasteiger partial charge in [-0.2, -0.15) is 0 Å². The van der Waals surface area contributed by atoms with Gasteiger partial charge in [-0.15, -0.1) is 0 Å². The van der Waals surface area contributed by atoms with E-state index in [0.29, 0.717) is 13.2 Å². The first-order valence-electron chi connectivity index (χ1n) is 8.70. The third kappa shape index (κ3) is 25.9. The van der Waals surface area contributed by atoms with Crippen molar-refractivity contribution in [1.82, 2.24) is 0 Å². The summed E-state index contributed by atoms with van der Waals surface area (Å²) >= 11 is 0. The highest BCUT2D eigenvalue weighted by molar-refractivity contribution is 6.50. The number of nitrogens with zero attached hydrogens (tertiary/aromatic N) is 1. The molecule has 10 heteroatoms. The average Bonchev–Trinajstić information content (AvgIpc) is 2.50. The lowest BCUT2D eigenvalue weighted by Gasteiger charge is -2.34. The Balaban J connectivity index is 0. The molecule has 0 atom stereocenters. The van der Waals surface area contributed by atoms with Crippen LogP contribution < -0.4 is 0 Å². The normalized spacial score (nSPS) is 12.0. The zero-order valence-corrected chi connectivity index (χ0v) is 15.9. The molecule has 0 radical (unpaired) electrons. The molecular formula is C15H34BF4NO4. The van der Waals surface area contributed by atoms with E-state index in [-0.39, 0.29) is 0 Å². The van der Waals surface area contributed by atoms with Crippen molar-refractivity contribution in [1.29, 1.82) is 0 Å². The van der Waals surface area contributed by atoms with Crippen molar-refractivity contribution in [3.63, 3.8) is 0 Å². The van der Waals surface area contributed by atoms with Crippen LogP contribution in [-0.4, -0.2) is 91.3 Å². The summed E-state index contributed by atoms with van der Waals surface area (Å²) in [5.41, 5.74) is 0. The fraction of sp³-hybridized carbons (Fsp3) is 1.00. The van der Waals surface area contributed by atoms with Crippen LogP contribution in [-0.2, 0) is 18.9 Å². The summed E-state index contributed by atoms with van der Waals surface area (Å²) < 4.78 is 61.8. The summed E-state index contributed by atoms with van der Waals surface area (Å²) in [5, 5.41) is 0. The standard InChI is InChI=1S/C15H34NO4.BF4/c1-5-17-11-8-16(4,9-12-18-6-2)10-13-20-15-14-19-7-3;2-1(3,4)5/h5-15H2,1-4H3;/q+1;-1. The number of ether oxygens (including phenoxy) is 4. The summed E-state index contributed by atoms with van der Waals surface area (Å²) in [7, 11) is -3.76. The maximum Gasteiger partial charge on any atom is 0.673 e. The van der Waals surface area contributed by atoms with Crippen LogP contribution in [0.1, 0.15) is 20.8 Å². The van der Waals surface area contributed by atoms with Crippen molar-refractivity contribution in [2.24, 2.45) is 0 Å². The Morgan fingerprint density at radius 1 is 0.600 bits per heavy atom. The van der Waals surface area contributed by atoms with Crippen molar-refractivity contribution < 1.29 is 40.7 Å². The topological polar surface area (TPSA) is 36.9 Å². The minimum Gasteiger partial charge on any atom is -0.418 e. The van der Waals surface area contributed by atoms with Crippen molar-refractivity contribution in [2.45, 2.75) is 20.8 Å². The van der Waals surface area contributed by atoms with Crippen LogP contribution in [0.25, 0.3) is 0 Å². The second-order valence-electron chi connectivity index (χ2n) is 5.49. The second-order valence-corrected chi connectivity index (χ2v) is 5.49. The lowest BCUT2D eigenvalue weighted by atomic mass is 10.3. The fourth-order valence-electron chi connectivity index (χ4n) is 1.84. The molecule has 0 rings (SSSR count). The quantitative estimate of drug-likeness (QED) is 0.190. The Morgan fingerprint density at radius 3 is 1.24 bits per heavy atom. The maximum absolute atomic E-state index is 9.75. The minimum atomic E-state index is -6.00. The molecule has 0 aliphatic carbocycles. The van der Waals surface area contributed by atoms with E-state index in [1.165, 1.54) is 0 Å². The van der Waals surface area contributed by atoms with Crippen molar-refractivity contribution in [3.8, 4) is 0 Å². The highest BCUT2D eigenvalue weighted by Crippen LogP contribution is 2.06. The lowest BCUT2D eigenvalue weighted by molar-refractivity contribution is -0.910. The molecule has 0 unspecified atom stereocenters. The first-order chi connectivity index (χ1) is 11.7. The number of hydrogen-bond acceptors (Lipinski definition) is 4. The van der Waals surface area contributed by atoms with Crippen LogP contribution in [0, 0.1) is 0 Å². The van der Waals surface area contributed by atoms with Gasteiger partial charge < -0.3 is 40.7 Å². The number of quaternary nitrogens is 1. The summed E-state index contributed by atoms with van der Waals surface area (Å²) in [6.45, 7) is 15.0. The minimum absolute atomic E-state index is 0.671. The number of halogens is 4. The molecular weight excluding hydrogens is 345 g/mol. The van der Waals surface area contributed by atoms with Crippen LogP contribution >= 0.6 is 0 Å². The molecule has 0 N–H and O–H groups in total. The van der Waals surface area contributed by atoms with Crippen LogP contribution in [0.5, 0.6) is 0 Å². The van der Waals surface area contributed by atoms with E-state index in [0.717, 1.165) is 63.8 Å². The van der Waals surface area contributed by atoms with Crippen molar-refractivity contribution >= 4 is 7.25 Å². The molecule has 0 spiro atoms. The van der Waals surface area contributed by atoms with Gasteiger partial charge in [0.1, 0.15) is 19.6 Å². The predicted molar refractivity (Wildman–Crippen MR) is 91.3 cm³/mol. The second kappa shape index (κ2) is 17.0. The number of hydrogen-bond donors (Lipinski definition) is 0. The molecule has 0 aliphatic heterocycles. The molecule has 0 aromatic heterocycles. The van der Waals surface area contributed by atoms with Crippen LogP contribution in [0.3, 0.4) is 0 Å². The lowest BCUT2D eigenvalue weighted by Crippen LogP contribution is -2.50. The van der Waals surface area contributed by atoms with Gasteiger partial charge in [-0.05, 0) is 20.8 Å². The van der Waals surface area contributed by atoms with Gasteiger partial charge in [0, 0.05) is 19.8 Å². The van der Waals surface area contributed by atoms with Gasteiger partial charge in [-0.25, -0.2) is 0 Å². The van der Waals surface area contributed by atoms with E-state index in [1.807, 2.05) is 20.8 Å². The molecule has 0 fully saturated rings. The molecule has 25 heavy (non-hydrogen) atoms. The average molecular weight is 379 g/mol. The van der Waals surface area contributed by atoms with Crippen LogP contribution in [0.15, 0.2) is 0 Å². The van der Waals surface area contributed by atoms with E-state index in [1.54, 1.807) is 0 Å². The first kappa shape index (κ1) is 26.8. The molecule has 0 aromatic carbocycles. The summed E-state index contributed by atoms with van der Waals surface area (Å²) in [5.74, 6) is 0. The molecule has 0 amide bonds. The highest BCUT2D eigenvalue weighted by Gasteiger charge is 2.21. The SMILES string of the molecule is CCOCCOCC[N+](C)(CCOCC)CCOCC.F[B-](F)(F)F. The Kier molecular flexibility index (Phi) is 18.3. The molecule has 0 bridgehead atoms. The van der Waals surface area contributed by atoms with Gasteiger partial charge >= 0.3 is 7.25 Å². The molecule has 0 heterocycles. The van der Waals surface area contributed by atoms with E-state index >= 15 is 0 Å². The molecule has 0 aliphatic rings. The first-order valence-corrected chi connectivity index (χ1v) is 8.70. The highest BCUT2D eigenvalue weighted by atomic mass is 19.5. The van der Waals surface area contributed by atoms with Crippen LogP contribution in [0.2, 0.25) is 0 Å². The summed E-state index contributed by atoms with van der Waals surface area (Å²) in [4.78, 5) is 0. The van der Waals surface area contributed by atoms with Gasteiger partial charge in [0.2, 0.25) is 0 Å². The molecule has 5 nitrogen and oxygen atoms in total. The number of likely N-dealkylation sites (N-methyl/N-ethyl adjacent to an activating group) is 1. The zero-order valence-electron chi connectivity index (χ0n) is 15.9. The fourth-order valence-corrected chi connectivity index (χ4v) is 1.84. The molecule has 154 valence electrons. The van der Waals surface area contributed by atoms with Crippen molar-refractivity contribution in [2.75, 3.05) is 79.5 Å².